The second-order valence-corrected chi connectivity index (χ2v) is 4.38. The van der Waals surface area contributed by atoms with E-state index in [-0.39, 0.29) is 12.2 Å². The van der Waals surface area contributed by atoms with Crippen molar-refractivity contribution in [3.05, 3.63) is 47.8 Å². The van der Waals surface area contributed by atoms with Crippen molar-refractivity contribution >= 4 is 5.78 Å². The SMILES string of the molecule is COc1ccccc1CC(=O)C(N)c1cnn(C)c1. The lowest BCUT2D eigenvalue weighted by atomic mass is 10.00. The van der Waals surface area contributed by atoms with Crippen molar-refractivity contribution in [2.75, 3.05) is 7.11 Å². The van der Waals surface area contributed by atoms with Gasteiger partial charge in [-0.15, -0.1) is 0 Å². The van der Waals surface area contributed by atoms with Gasteiger partial charge < -0.3 is 10.5 Å². The summed E-state index contributed by atoms with van der Waals surface area (Å²) in [5.41, 5.74) is 7.51. The molecule has 0 spiro atoms. The molecule has 5 nitrogen and oxygen atoms in total. The number of hydrogen-bond acceptors (Lipinski definition) is 4. The van der Waals surface area contributed by atoms with Crippen LogP contribution in [0.3, 0.4) is 0 Å². The van der Waals surface area contributed by atoms with Crippen LogP contribution in [0.1, 0.15) is 17.2 Å². The molecule has 1 heterocycles. The smallest absolute Gasteiger partial charge is 0.158 e. The maximum absolute atomic E-state index is 12.2. The number of aromatic nitrogens is 2. The van der Waals surface area contributed by atoms with Gasteiger partial charge in [-0.2, -0.15) is 5.10 Å². The van der Waals surface area contributed by atoms with Crippen molar-refractivity contribution in [3.63, 3.8) is 0 Å². The van der Waals surface area contributed by atoms with Crippen LogP contribution in [0.15, 0.2) is 36.7 Å². The van der Waals surface area contributed by atoms with E-state index < -0.39 is 6.04 Å². The Balaban J connectivity index is 2.12. The number of nitrogens with two attached hydrogens (primary N) is 1. The normalized spacial score (nSPS) is 12.2. The summed E-state index contributed by atoms with van der Waals surface area (Å²) in [5.74, 6) is 0.645. The summed E-state index contributed by atoms with van der Waals surface area (Å²) in [6.45, 7) is 0. The summed E-state index contributed by atoms with van der Waals surface area (Å²) in [7, 11) is 3.38. The van der Waals surface area contributed by atoms with Crippen LogP contribution in [0.25, 0.3) is 0 Å². The Morgan fingerprint density at radius 1 is 1.47 bits per heavy atom. The molecule has 1 aromatic carbocycles. The Labute approximate surface area is 112 Å². The van der Waals surface area contributed by atoms with E-state index in [0.717, 1.165) is 11.1 Å². The van der Waals surface area contributed by atoms with Crippen LogP contribution in [0.2, 0.25) is 0 Å². The van der Waals surface area contributed by atoms with Crippen molar-refractivity contribution < 1.29 is 9.53 Å². The van der Waals surface area contributed by atoms with Crippen molar-refractivity contribution in [1.82, 2.24) is 9.78 Å². The second kappa shape index (κ2) is 5.67. The zero-order valence-corrected chi connectivity index (χ0v) is 11.0. The van der Waals surface area contributed by atoms with Gasteiger partial charge in [0.05, 0.1) is 19.3 Å². The highest BCUT2D eigenvalue weighted by molar-refractivity contribution is 5.87. The molecule has 0 fully saturated rings. The molecule has 0 amide bonds. The van der Waals surface area contributed by atoms with Gasteiger partial charge in [-0.05, 0) is 6.07 Å². The molecule has 0 saturated heterocycles. The third-order valence-corrected chi connectivity index (χ3v) is 2.99. The van der Waals surface area contributed by atoms with Gasteiger partial charge in [-0.1, -0.05) is 18.2 Å². The molecule has 0 aliphatic rings. The first-order valence-corrected chi connectivity index (χ1v) is 6.00. The lowest BCUT2D eigenvalue weighted by molar-refractivity contribution is -0.119. The fourth-order valence-corrected chi connectivity index (χ4v) is 1.93. The molecular weight excluding hydrogens is 242 g/mol. The number of hydrogen-bond donors (Lipinski definition) is 1. The summed E-state index contributed by atoms with van der Waals surface area (Å²) in [5, 5.41) is 4.02. The van der Waals surface area contributed by atoms with E-state index in [9.17, 15) is 4.79 Å². The van der Waals surface area contributed by atoms with Gasteiger partial charge in [0.2, 0.25) is 0 Å². The number of methoxy groups -OCH3 is 1. The maximum atomic E-state index is 12.2. The monoisotopic (exact) mass is 259 g/mol. The van der Waals surface area contributed by atoms with Crippen molar-refractivity contribution in [2.24, 2.45) is 12.8 Å². The van der Waals surface area contributed by atoms with E-state index in [1.54, 1.807) is 31.2 Å². The highest BCUT2D eigenvalue weighted by atomic mass is 16.5. The van der Waals surface area contributed by atoms with Gasteiger partial charge in [0.15, 0.2) is 5.78 Å². The largest absolute Gasteiger partial charge is 0.496 e. The van der Waals surface area contributed by atoms with Crippen LogP contribution in [-0.2, 0) is 18.3 Å². The average Bonchev–Trinajstić information content (AvgIpc) is 2.85. The van der Waals surface area contributed by atoms with Crippen molar-refractivity contribution in [2.45, 2.75) is 12.5 Å². The first kappa shape index (κ1) is 13.3. The lowest BCUT2D eigenvalue weighted by Gasteiger charge is -2.11. The summed E-state index contributed by atoms with van der Waals surface area (Å²) < 4.78 is 6.86. The molecule has 1 unspecified atom stereocenters. The second-order valence-electron chi connectivity index (χ2n) is 4.38. The van der Waals surface area contributed by atoms with Crippen LogP contribution >= 0.6 is 0 Å². The third kappa shape index (κ3) is 3.00. The molecule has 1 aromatic heterocycles. The molecule has 1 atom stereocenters. The number of rotatable bonds is 5. The Hall–Kier alpha value is -2.14. The Morgan fingerprint density at radius 3 is 2.84 bits per heavy atom. The number of nitrogens with zero attached hydrogens (tertiary/aromatic N) is 2. The Morgan fingerprint density at radius 2 is 2.21 bits per heavy atom. The molecule has 2 aromatic rings. The zero-order valence-electron chi connectivity index (χ0n) is 11.0. The lowest BCUT2D eigenvalue weighted by Crippen LogP contribution is -2.23. The summed E-state index contributed by atoms with van der Waals surface area (Å²) in [4.78, 5) is 12.2. The number of ketones is 1. The van der Waals surface area contributed by atoms with Gasteiger partial charge in [0, 0.05) is 30.8 Å². The predicted octanol–water partition coefficient (Wildman–Crippen LogP) is 1.24. The summed E-state index contributed by atoms with van der Waals surface area (Å²) >= 11 is 0. The number of carbonyl (C=O) groups is 1. The van der Waals surface area contributed by atoms with Gasteiger partial charge in [-0.25, -0.2) is 0 Å². The van der Waals surface area contributed by atoms with Crippen LogP contribution in [0, 0.1) is 0 Å². The minimum atomic E-state index is -0.654. The van der Waals surface area contributed by atoms with E-state index in [4.69, 9.17) is 10.5 Å². The predicted molar refractivity (Wildman–Crippen MR) is 71.8 cm³/mol. The molecule has 2 rings (SSSR count). The molecule has 0 saturated carbocycles. The first-order valence-electron chi connectivity index (χ1n) is 6.00. The summed E-state index contributed by atoms with van der Waals surface area (Å²) in [6, 6.07) is 6.79. The van der Waals surface area contributed by atoms with E-state index in [1.807, 2.05) is 24.3 Å². The quantitative estimate of drug-likeness (QED) is 0.877. The maximum Gasteiger partial charge on any atom is 0.158 e. The Bertz CT molecular complexity index is 578. The van der Waals surface area contributed by atoms with Crippen LogP contribution in [0.4, 0.5) is 0 Å². The van der Waals surface area contributed by atoms with E-state index in [0.29, 0.717) is 5.75 Å². The number of aryl methyl sites for hydroxylation is 1. The van der Waals surface area contributed by atoms with E-state index in [2.05, 4.69) is 5.10 Å². The van der Waals surface area contributed by atoms with E-state index in [1.165, 1.54) is 0 Å². The Kier molecular flexibility index (Phi) is 3.97. The molecule has 0 bridgehead atoms. The fourth-order valence-electron chi connectivity index (χ4n) is 1.93. The molecule has 100 valence electrons. The third-order valence-electron chi connectivity index (χ3n) is 2.99. The minimum absolute atomic E-state index is 0.0579. The van der Waals surface area contributed by atoms with Crippen LogP contribution < -0.4 is 10.5 Å². The fraction of sp³-hybridized carbons (Fsp3) is 0.286. The molecule has 5 heteroatoms. The van der Waals surface area contributed by atoms with Crippen molar-refractivity contribution in [3.8, 4) is 5.75 Å². The number of Topliss-reactive ketones (excluding diaryl/α,β-unsaturated/α-hetero) is 1. The molecule has 19 heavy (non-hydrogen) atoms. The topological polar surface area (TPSA) is 70.1 Å². The van der Waals surface area contributed by atoms with Gasteiger partial charge in [0.25, 0.3) is 0 Å². The highest BCUT2D eigenvalue weighted by Gasteiger charge is 2.18. The van der Waals surface area contributed by atoms with Gasteiger partial charge in [0.1, 0.15) is 5.75 Å². The number of para-hydroxylation sites is 1. The average molecular weight is 259 g/mol. The summed E-state index contributed by atoms with van der Waals surface area (Å²) in [6.07, 6.45) is 3.62. The zero-order chi connectivity index (χ0) is 13.8. The first-order chi connectivity index (χ1) is 9.11. The molecule has 0 radical (unpaired) electrons. The van der Waals surface area contributed by atoms with Crippen molar-refractivity contribution in [1.29, 1.82) is 0 Å². The molecule has 0 aliphatic carbocycles. The van der Waals surface area contributed by atoms with Crippen LogP contribution in [-0.4, -0.2) is 22.7 Å². The van der Waals surface area contributed by atoms with Gasteiger partial charge in [-0.3, -0.25) is 9.48 Å². The molecule has 2 N–H and O–H groups in total. The molecular formula is C14H17N3O2. The van der Waals surface area contributed by atoms with Crippen LogP contribution in [0.5, 0.6) is 5.75 Å². The standard InChI is InChI=1S/C14H17N3O2/c1-17-9-11(8-16-17)14(15)12(18)7-10-5-3-4-6-13(10)19-2/h3-6,8-9,14H,7,15H2,1-2H3. The van der Waals surface area contributed by atoms with E-state index >= 15 is 0 Å². The highest BCUT2D eigenvalue weighted by Crippen LogP contribution is 2.20. The minimum Gasteiger partial charge on any atom is -0.496 e. The number of benzene rings is 1. The van der Waals surface area contributed by atoms with Gasteiger partial charge >= 0.3 is 0 Å². The number of carbonyl (C=O) groups excluding carboxylic acids is 1. The number of ether oxygens (including phenoxy) is 1. The molecule has 0 aliphatic heterocycles.